The number of carbonyl (C=O) groups is 1. The van der Waals surface area contributed by atoms with Gasteiger partial charge in [-0.1, -0.05) is 12.1 Å². The summed E-state index contributed by atoms with van der Waals surface area (Å²) < 4.78 is 0. The van der Waals surface area contributed by atoms with Crippen molar-refractivity contribution in [3.63, 3.8) is 0 Å². The van der Waals surface area contributed by atoms with Crippen molar-refractivity contribution < 1.29 is 4.79 Å². The molecule has 1 amide bonds. The molecule has 4 heteroatoms. The second-order valence-electron chi connectivity index (χ2n) is 4.12. The van der Waals surface area contributed by atoms with E-state index in [0.717, 1.165) is 24.2 Å². The minimum absolute atomic E-state index is 0.0613. The molecule has 2 rings (SSSR count). The Morgan fingerprint density at radius 2 is 2.18 bits per heavy atom. The summed E-state index contributed by atoms with van der Waals surface area (Å²) in [4.78, 5) is 13.7. The number of benzene rings is 1. The highest BCUT2D eigenvalue weighted by atomic mass is 16.2. The number of rotatable bonds is 3. The van der Waals surface area contributed by atoms with Gasteiger partial charge < -0.3 is 10.2 Å². The molecule has 0 bridgehead atoms. The molecule has 1 atom stereocenters. The van der Waals surface area contributed by atoms with Crippen LogP contribution < -0.4 is 10.2 Å². The Balaban J connectivity index is 2.13. The Kier molecular flexibility index (Phi) is 3.40. The van der Waals surface area contributed by atoms with E-state index in [-0.39, 0.29) is 11.9 Å². The predicted molar refractivity (Wildman–Crippen MR) is 65.6 cm³/mol. The smallest absolute Gasteiger partial charge is 0.244 e. The Labute approximate surface area is 101 Å². The van der Waals surface area contributed by atoms with E-state index >= 15 is 0 Å². The van der Waals surface area contributed by atoms with Gasteiger partial charge in [0, 0.05) is 12.2 Å². The number of hydrogen-bond acceptors (Lipinski definition) is 3. The van der Waals surface area contributed by atoms with Crippen molar-refractivity contribution in [3.05, 3.63) is 29.8 Å². The van der Waals surface area contributed by atoms with Crippen molar-refractivity contribution in [1.29, 1.82) is 5.26 Å². The van der Waals surface area contributed by atoms with Crippen LogP contribution in [0.5, 0.6) is 0 Å². The fourth-order valence-corrected chi connectivity index (χ4v) is 2.09. The molecule has 88 valence electrons. The van der Waals surface area contributed by atoms with Crippen LogP contribution in [0.15, 0.2) is 24.3 Å². The molecule has 0 aromatic heterocycles. The molecular weight excluding hydrogens is 214 g/mol. The monoisotopic (exact) mass is 229 g/mol. The summed E-state index contributed by atoms with van der Waals surface area (Å²) in [7, 11) is 1.81. The lowest BCUT2D eigenvalue weighted by Crippen LogP contribution is -2.36. The molecule has 1 aliphatic rings. The van der Waals surface area contributed by atoms with Crippen molar-refractivity contribution in [2.75, 3.05) is 18.5 Å². The molecule has 1 N–H and O–H groups in total. The highest BCUT2D eigenvalue weighted by Gasteiger charge is 2.30. The molecule has 0 spiro atoms. The van der Waals surface area contributed by atoms with Crippen LogP contribution in [0.25, 0.3) is 0 Å². The lowest BCUT2D eigenvalue weighted by Gasteiger charge is -2.16. The molecule has 17 heavy (non-hydrogen) atoms. The van der Waals surface area contributed by atoms with Gasteiger partial charge in [-0.3, -0.25) is 4.79 Å². The molecule has 0 saturated carbocycles. The van der Waals surface area contributed by atoms with Crippen LogP contribution in [0.2, 0.25) is 0 Å². The minimum atomic E-state index is -0.0613. The van der Waals surface area contributed by atoms with Crippen molar-refractivity contribution in [1.82, 2.24) is 5.32 Å². The topological polar surface area (TPSA) is 56.1 Å². The Morgan fingerprint density at radius 1 is 1.47 bits per heavy atom. The van der Waals surface area contributed by atoms with Gasteiger partial charge in [0.1, 0.15) is 0 Å². The van der Waals surface area contributed by atoms with Gasteiger partial charge in [0.15, 0.2) is 0 Å². The van der Waals surface area contributed by atoms with E-state index in [1.54, 1.807) is 4.90 Å². The first-order valence-electron chi connectivity index (χ1n) is 5.71. The fraction of sp³-hybridized carbons (Fsp3) is 0.385. The lowest BCUT2D eigenvalue weighted by molar-refractivity contribution is -0.118. The number of nitrogens with zero attached hydrogens (tertiary/aromatic N) is 2. The molecule has 1 saturated heterocycles. The maximum absolute atomic E-state index is 12.0. The first kappa shape index (κ1) is 11.6. The largest absolute Gasteiger partial charge is 0.311 e. The zero-order chi connectivity index (χ0) is 12.3. The van der Waals surface area contributed by atoms with E-state index in [4.69, 9.17) is 5.26 Å². The Morgan fingerprint density at radius 3 is 2.71 bits per heavy atom. The average Bonchev–Trinajstić information content (AvgIpc) is 2.72. The van der Waals surface area contributed by atoms with Crippen LogP contribution >= 0.6 is 0 Å². The standard InChI is InChI=1S/C13H15N3O/c1-15-12-7-9-16(13(12)17)11-4-2-10(3-5-11)6-8-14/h2-5,12,15H,6-7,9H2,1H3. The normalized spacial score (nSPS) is 19.4. The number of anilines is 1. The first-order valence-corrected chi connectivity index (χ1v) is 5.71. The maximum Gasteiger partial charge on any atom is 0.244 e. The first-order chi connectivity index (χ1) is 8.26. The van der Waals surface area contributed by atoms with E-state index in [0.29, 0.717) is 6.42 Å². The summed E-state index contributed by atoms with van der Waals surface area (Å²) in [5, 5.41) is 11.6. The molecule has 1 aliphatic heterocycles. The zero-order valence-electron chi connectivity index (χ0n) is 9.81. The van der Waals surface area contributed by atoms with Crippen molar-refractivity contribution >= 4 is 11.6 Å². The summed E-state index contributed by atoms with van der Waals surface area (Å²) in [5.74, 6) is 0.125. The summed E-state index contributed by atoms with van der Waals surface area (Å²) in [6.07, 6.45) is 1.25. The van der Waals surface area contributed by atoms with Crippen LogP contribution in [0.1, 0.15) is 12.0 Å². The van der Waals surface area contributed by atoms with Gasteiger partial charge >= 0.3 is 0 Å². The van der Waals surface area contributed by atoms with E-state index in [9.17, 15) is 4.79 Å². The van der Waals surface area contributed by atoms with Gasteiger partial charge in [-0.15, -0.1) is 0 Å². The molecule has 0 radical (unpaired) electrons. The lowest BCUT2D eigenvalue weighted by atomic mass is 10.1. The van der Waals surface area contributed by atoms with Crippen molar-refractivity contribution in [3.8, 4) is 6.07 Å². The second-order valence-corrected chi connectivity index (χ2v) is 4.12. The number of carbonyl (C=O) groups excluding carboxylic acids is 1. The summed E-state index contributed by atoms with van der Waals surface area (Å²) in [5.41, 5.74) is 1.89. The van der Waals surface area contributed by atoms with Gasteiger partial charge in [-0.2, -0.15) is 5.26 Å². The minimum Gasteiger partial charge on any atom is -0.311 e. The number of likely N-dealkylation sites (N-methyl/N-ethyl adjacent to an activating group) is 1. The molecule has 1 heterocycles. The average molecular weight is 229 g/mol. The predicted octanol–water partition coefficient (Wildman–Crippen LogP) is 1.08. The van der Waals surface area contributed by atoms with E-state index in [1.807, 2.05) is 31.3 Å². The zero-order valence-corrected chi connectivity index (χ0v) is 9.81. The number of nitrogens with one attached hydrogen (secondary N) is 1. The summed E-state index contributed by atoms with van der Waals surface area (Å²) in [6.45, 7) is 0.752. The summed E-state index contributed by atoms with van der Waals surface area (Å²) in [6, 6.07) is 9.66. The van der Waals surface area contributed by atoms with E-state index in [1.165, 1.54) is 0 Å². The van der Waals surface area contributed by atoms with Crippen molar-refractivity contribution in [2.45, 2.75) is 18.9 Å². The molecular formula is C13H15N3O. The van der Waals surface area contributed by atoms with Gasteiger partial charge in [0.2, 0.25) is 5.91 Å². The third-order valence-electron chi connectivity index (χ3n) is 3.09. The van der Waals surface area contributed by atoms with E-state index in [2.05, 4.69) is 11.4 Å². The van der Waals surface area contributed by atoms with Crippen LogP contribution in [0, 0.1) is 11.3 Å². The highest BCUT2D eigenvalue weighted by Crippen LogP contribution is 2.21. The van der Waals surface area contributed by atoms with Gasteiger partial charge in [-0.25, -0.2) is 0 Å². The molecule has 4 nitrogen and oxygen atoms in total. The van der Waals surface area contributed by atoms with Crippen LogP contribution in [0.3, 0.4) is 0 Å². The van der Waals surface area contributed by atoms with Crippen LogP contribution in [0.4, 0.5) is 5.69 Å². The molecule has 1 fully saturated rings. The van der Waals surface area contributed by atoms with E-state index < -0.39 is 0 Å². The third kappa shape index (κ3) is 2.29. The molecule has 1 aromatic carbocycles. The highest BCUT2D eigenvalue weighted by molar-refractivity contribution is 5.99. The summed E-state index contributed by atoms with van der Waals surface area (Å²) >= 11 is 0. The van der Waals surface area contributed by atoms with Crippen LogP contribution in [-0.2, 0) is 11.2 Å². The number of nitriles is 1. The maximum atomic E-state index is 12.0. The quantitative estimate of drug-likeness (QED) is 0.843. The van der Waals surface area contributed by atoms with Gasteiger partial charge in [0.25, 0.3) is 0 Å². The van der Waals surface area contributed by atoms with Gasteiger partial charge in [-0.05, 0) is 31.2 Å². The molecule has 1 unspecified atom stereocenters. The third-order valence-corrected chi connectivity index (χ3v) is 3.09. The Hall–Kier alpha value is -1.86. The number of amides is 1. The Bertz CT molecular complexity index is 447. The number of hydrogen-bond donors (Lipinski definition) is 1. The van der Waals surface area contributed by atoms with Crippen LogP contribution in [-0.4, -0.2) is 25.5 Å². The molecule has 0 aliphatic carbocycles. The second kappa shape index (κ2) is 4.98. The van der Waals surface area contributed by atoms with Crippen molar-refractivity contribution in [2.24, 2.45) is 0 Å². The molecule has 1 aromatic rings. The SMILES string of the molecule is CNC1CCN(c2ccc(CC#N)cc2)C1=O. The fourth-order valence-electron chi connectivity index (χ4n) is 2.09. The van der Waals surface area contributed by atoms with Gasteiger partial charge in [0.05, 0.1) is 18.5 Å².